The van der Waals surface area contributed by atoms with E-state index >= 15 is 0 Å². The normalized spacial score (nSPS) is 10.8. The lowest BCUT2D eigenvalue weighted by molar-refractivity contribution is -0.118. The van der Waals surface area contributed by atoms with Crippen LogP contribution in [0.1, 0.15) is 25.6 Å². The Morgan fingerprint density at radius 2 is 1.92 bits per heavy atom. The molecule has 0 spiro atoms. The van der Waals surface area contributed by atoms with Gasteiger partial charge in [-0.3, -0.25) is 4.79 Å². The summed E-state index contributed by atoms with van der Waals surface area (Å²) in [6.45, 7) is 3.82. The molecule has 0 aliphatic heterocycles. The standard InChI is InChI=1S/C19H18ClN3O3/c1-12(2)18-22-19(26-23-18)15-5-3-4-6-16(15)25-11-17(24)21-14-9-7-13(20)8-10-14/h3-10,12H,11H2,1-2H3,(H,21,24). The fourth-order valence-electron chi connectivity index (χ4n) is 2.22. The van der Waals surface area contributed by atoms with Crippen LogP contribution in [0.4, 0.5) is 5.69 Å². The number of nitrogens with one attached hydrogen (secondary N) is 1. The van der Waals surface area contributed by atoms with E-state index in [1.807, 2.05) is 32.0 Å². The molecule has 0 aliphatic rings. The molecule has 0 unspecified atom stereocenters. The number of carbonyl (C=O) groups is 1. The molecule has 6 nitrogen and oxygen atoms in total. The summed E-state index contributed by atoms with van der Waals surface area (Å²) >= 11 is 5.83. The zero-order valence-corrected chi connectivity index (χ0v) is 15.2. The molecule has 1 aromatic heterocycles. The van der Waals surface area contributed by atoms with E-state index < -0.39 is 0 Å². The van der Waals surface area contributed by atoms with Gasteiger partial charge < -0.3 is 14.6 Å². The Balaban J connectivity index is 1.68. The van der Waals surface area contributed by atoms with Gasteiger partial charge in [0.2, 0.25) is 0 Å². The van der Waals surface area contributed by atoms with Gasteiger partial charge in [0.1, 0.15) is 5.75 Å². The second-order valence-electron chi connectivity index (χ2n) is 5.95. The summed E-state index contributed by atoms with van der Waals surface area (Å²) < 4.78 is 11.0. The van der Waals surface area contributed by atoms with Crippen LogP contribution in [0.15, 0.2) is 53.1 Å². The van der Waals surface area contributed by atoms with Gasteiger partial charge in [0.05, 0.1) is 5.56 Å². The molecule has 0 radical (unpaired) electrons. The minimum Gasteiger partial charge on any atom is -0.483 e. The van der Waals surface area contributed by atoms with Crippen molar-refractivity contribution in [2.24, 2.45) is 0 Å². The molecule has 0 saturated carbocycles. The first kappa shape index (κ1) is 17.9. The van der Waals surface area contributed by atoms with Crippen molar-refractivity contribution in [3.63, 3.8) is 0 Å². The van der Waals surface area contributed by atoms with E-state index in [1.54, 1.807) is 30.3 Å². The Bertz CT molecular complexity index is 891. The third kappa shape index (κ3) is 4.40. The highest BCUT2D eigenvalue weighted by Crippen LogP contribution is 2.29. The van der Waals surface area contributed by atoms with Gasteiger partial charge in [0.15, 0.2) is 12.4 Å². The number of nitrogens with zero attached hydrogens (tertiary/aromatic N) is 2. The number of rotatable bonds is 6. The summed E-state index contributed by atoms with van der Waals surface area (Å²) in [5, 5.41) is 7.31. The largest absolute Gasteiger partial charge is 0.483 e. The van der Waals surface area contributed by atoms with Gasteiger partial charge in [-0.15, -0.1) is 0 Å². The van der Waals surface area contributed by atoms with Crippen molar-refractivity contribution in [3.05, 3.63) is 59.4 Å². The van der Waals surface area contributed by atoms with E-state index in [1.165, 1.54) is 0 Å². The quantitative estimate of drug-likeness (QED) is 0.688. The molecular weight excluding hydrogens is 354 g/mol. The third-order valence-corrected chi connectivity index (χ3v) is 3.81. The monoisotopic (exact) mass is 371 g/mol. The van der Waals surface area contributed by atoms with E-state index in [2.05, 4.69) is 15.5 Å². The summed E-state index contributed by atoms with van der Waals surface area (Å²) in [4.78, 5) is 16.5. The van der Waals surface area contributed by atoms with Gasteiger partial charge in [-0.1, -0.05) is 42.7 Å². The maximum Gasteiger partial charge on any atom is 0.262 e. The first-order valence-electron chi connectivity index (χ1n) is 8.14. The van der Waals surface area contributed by atoms with Gasteiger partial charge in [0, 0.05) is 16.6 Å². The molecular formula is C19H18ClN3O3. The van der Waals surface area contributed by atoms with Crippen molar-refractivity contribution in [1.29, 1.82) is 0 Å². The highest BCUT2D eigenvalue weighted by molar-refractivity contribution is 6.30. The number of ether oxygens (including phenoxy) is 1. The van der Waals surface area contributed by atoms with Crippen molar-refractivity contribution in [2.75, 3.05) is 11.9 Å². The minimum atomic E-state index is -0.282. The van der Waals surface area contributed by atoms with Crippen LogP contribution in [0.3, 0.4) is 0 Å². The zero-order chi connectivity index (χ0) is 18.5. The molecule has 0 aliphatic carbocycles. The average molecular weight is 372 g/mol. The number of halogens is 1. The molecule has 7 heteroatoms. The Kier molecular flexibility index (Phi) is 5.53. The van der Waals surface area contributed by atoms with Crippen molar-refractivity contribution < 1.29 is 14.1 Å². The summed E-state index contributed by atoms with van der Waals surface area (Å²) in [5.74, 6) is 1.36. The maximum atomic E-state index is 12.1. The molecule has 0 atom stereocenters. The van der Waals surface area contributed by atoms with Crippen molar-refractivity contribution in [3.8, 4) is 17.2 Å². The lowest BCUT2D eigenvalue weighted by Crippen LogP contribution is -2.20. The Morgan fingerprint density at radius 3 is 2.62 bits per heavy atom. The van der Waals surface area contributed by atoms with E-state index in [-0.39, 0.29) is 18.4 Å². The predicted molar refractivity (Wildman–Crippen MR) is 99.4 cm³/mol. The molecule has 1 amide bonds. The first-order chi connectivity index (χ1) is 12.5. The van der Waals surface area contributed by atoms with E-state index in [0.29, 0.717) is 33.7 Å². The number of para-hydroxylation sites is 1. The number of amides is 1. The Hall–Kier alpha value is -2.86. The van der Waals surface area contributed by atoms with Crippen molar-refractivity contribution in [2.45, 2.75) is 19.8 Å². The van der Waals surface area contributed by atoms with E-state index in [0.717, 1.165) is 0 Å². The lowest BCUT2D eigenvalue weighted by atomic mass is 10.2. The Morgan fingerprint density at radius 1 is 1.19 bits per heavy atom. The smallest absolute Gasteiger partial charge is 0.262 e. The molecule has 134 valence electrons. The van der Waals surface area contributed by atoms with Crippen LogP contribution in [0.25, 0.3) is 11.5 Å². The fourth-order valence-corrected chi connectivity index (χ4v) is 2.35. The van der Waals surface area contributed by atoms with E-state index in [9.17, 15) is 4.79 Å². The van der Waals surface area contributed by atoms with Crippen LogP contribution in [0.5, 0.6) is 5.75 Å². The number of carbonyl (C=O) groups excluding carboxylic acids is 1. The van der Waals surface area contributed by atoms with Crippen molar-refractivity contribution in [1.82, 2.24) is 10.1 Å². The summed E-state index contributed by atoms with van der Waals surface area (Å²) in [5.41, 5.74) is 1.29. The second-order valence-corrected chi connectivity index (χ2v) is 6.39. The summed E-state index contributed by atoms with van der Waals surface area (Å²) in [7, 11) is 0. The van der Waals surface area contributed by atoms with Crippen LogP contribution >= 0.6 is 11.6 Å². The lowest BCUT2D eigenvalue weighted by Gasteiger charge is -2.09. The van der Waals surface area contributed by atoms with Gasteiger partial charge in [0.25, 0.3) is 11.8 Å². The molecule has 0 saturated heterocycles. The highest BCUT2D eigenvalue weighted by Gasteiger charge is 2.16. The topological polar surface area (TPSA) is 77.2 Å². The SMILES string of the molecule is CC(C)c1noc(-c2ccccc2OCC(=O)Nc2ccc(Cl)cc2)n1. The number of aromatic nitrogens is 2. The zero-order valence-electron chi connectivity index (χ0n) is 14.4. The van der Waals surface area contributed by atoms with Gasteiger partial charge in [-0.05, 0) is 36.4 Å². The molecule has 2 aromatic carbocycles. The highest BCUT2D eigenvalue weighted by atomic mass is 35.5. The number of benzene rings is 2. The molecule has 0 fully saturated rings. The number of hydrogen-bond donors (Lipinski definition) is 1. The first-order valence-corrected chi connectivity index (χ1v) is 8.52. The maximum absolute atomic E-state index is 12.1. The van der Waals surface area contributed by atoms with Gasteiger partial charge >= 0.3 is 0 Å². The molecule has 26 heavy (non-hydrogen) atoms. The van der Waals surface area contributed by atoms with Crippen LogP contribution in [0.2, 0.25) is 5.02 Å². The summed E-state index contributed by atoms with van der Waals surface area (Å²) in [6, 6.07) is 14.1. The van der Waals surface area contributed by atoms with Gasteiger partial charge in [-0.2, -0.15) is 4.98 Å². The van der Waals surface area contributed by atoms with Crippen LogP contribution in [-0.4, -0.2) is 22.7 Å². The second kappa shape index (κ2) is 8.01. The van der Waals surface area contributed by atoms with Crippen LogP contribution in [-0.2, 0) is 4.79 Å². The van der Waals surface area contributed by atoms with Crippen molar-refractivity contribution >= 4 is 23.2 Å². The van der Waals surface area contributed by atoms with Crippen LogP contribution < -0.4 is 10.1 Å². The number of hydrogen-bond acceptors (Lipinski definition) is 5. The Labute approximate surface area is 156 Å². The van der Waals surface area contributed by atoms with Gasteiger partial charge in [-0.25, -0.2) is 0 Å². The molecule has 3 rings (SSSR count). The average Bonchev–Trinajstić information content (AvgIpc) is 3.12. The molecule has 1 heterocycles. The third-order valence-electron chi connectivity index (χ3n) is 3.56. The summed E-state index contributed by atoms with van der Waals surface area (Å²) in [6.07, 6.45) is 0. The predicted octanol–water partition coefficient (Wildman–Crippen LogP) is 4.53. The molecule has 0 bridgehead atoms. The van der Waals surface area contributed by atoms with Crippen LogP contribution in [0, 0.1) is 0 Å². The molecule has 1 N–H and O–H groups in total. The number of anilines is 1. The molecule has 3 aromatic rings. The van der Waals surface area contributed by atoms with E-state index in [4.69, 9.17) is 20.9 Å². The fraction of sp³-hybridized carbons (Fsp3) is 0.211. The minimum absolute atomic E-state index is 0.148.